The minimum absolute atomic E-state index is 0.0133. The molecule has 13 heteroatoms. The smallest absolute Gasteiger partial charge is 0.239 e. The molecule has 0 unspecified atom stereocenters. The molecule has 13 nitrogen and oxygen atoms in total. The van der Waals surface area contributed by atoms with Crippen LogP contribution in [0.5, 0.6) is 23.0 Å². The average Bonchev–Trinajstić information content (AvgIpc) is 3.08. The van der Waals surface area contributed by atoms with Crippen LogP contribution in [0.1, 0.15) is 26.3 Å². The third kappa shape index (κ3) is 8.12. The van der Waals surface area contributed by atoms with Crippen LogP contribution < -0.4 is 19.6 Å². The number of benzene rings is 2. The fourth-order valence-corrected chi connectivity index (χ4v) is 5.59. The number of hydrogen-bond donors (Lipinski definition) is 4. The first-order chi connectivity index (χ1) is 23.1. The first kappa shape index (κ1) is 35.6. The fraction of sp³-hybridized carbons (Fsp3) is 0.514. The Labute approximate surface area is 278 Å². The van der Waals surface area contributed by atoms with Gasteiger partial charge in [-0.1, -0.05) is 11.6 Å². The van der Waals surface area contributed by atoms with Crippen molar-refractivity contribution in [2.75, 3.05) is 59.8 Å². The van der Waals surface area contributed by atoms with Crippen LogP contribution in [0.4, 0.5) is 0 Å². The Morgan fingerprint density at radius 1 is 1.02 bits per heavy atom. The average molecular weight is 672 g/mol. The highest BCUT2D eigenvalue weighted by molar-refractivity contribution is 5.91. The van der Waals surface area contributed by atoms with E-state index in [9.17, 15) is 25.2 Å². The molecule has 3 heterocycles. The molecule has 0 radical (unpaired) electrons. The molecule has 0 saturated carbocycles. The Balaban J connectivity index is 1.52. The van der Waals surface area contributed by atoms with Crippen molar-refractivity contribution < 1.29 is 53.3 Å². The maximum Gasteiger partial charge on any atom is 0.239 e. The summed E-state index contributed by atoms with van der Waals surface area (Å²) in [7, 11) is 1.53. The monoisotopic (exact) mass is 671 g/mol. The lowest BCUT2D eigenvalue weighted by Crippen LogP contribution is -2.58. The Hall–Kier alpha value is -3.69. The van der Waals surface area contributed by atoms with Crippen LogP contribution in [-0.2, 0) is 20.6 Å². The molecule has 262 valence electrons. The molecule has 5 rings (SSSR count). The standard InChI is InChI=1S/C35H45NO12/c1-20(2)5-10-24-26(45-18-17-44-16-13-36-11-14-43-15-12-36)19-25(37)27-29(39)34(48-35-31(41)30(40)28(38)21(3)46-35)32(47-33(24)27)22-6-8-23(42-4)9-7-22/h5-9,19,21,28,30-31,35,37-38,40-41H,10-18H2,1-4H3/t21-,28-,30+,31+,35-/m1/s1. The van der Waals surface area contributed by atoms with Crippen molar-refractivity contribution in [2.24, 2.45) is 0 Å². The molecule has 4 N–H and O–H groups in total. The number of aliphatic hydroxyl groups excluding tert-OH is 3. The summed E-state index contributed by atoms with van der Waals surface area (Å²) < 4.78 is 40.6. The summed E-state index contributed by atoms with van der Waals surface area (Å²) in [6.45, 7) is 10.4. The zero-order valence-corrected chi connectivity index (χ0v) is 27.7. The summed E-state index contributed by atoms with van der Waals surface area (Å²) in [4.78, 5) is 16.5. The third-order valence-corrected chi connectivity index (χ3v) is 8.42. The summed E-state index contributed by atoms with van der Waals surface area (Å²) in [6.07, 6.45) is -4.83. The molecule has 0 amide bonds. The number of hydrogen-bond acceptors (Lipinski definition) is 13. The van der Waals surface area contributed by atoms with Gasteiger partial charge in [0.05, 0.1) is 39.6 Å². The van der Waals surface area contributed by atoms with Gasteiger partial charge in [0.25, 0.3) is 0 Å². The van der Waals surface area contributed by atoms with E-state index in [0.29, 0.717) is 42.3 Å². The number of morpholine rings is 1. The van der Waals surface area contributed by atoms with E-state index in [0.717, 1.165) is 38.4 Å². The SMILES string of the molecule is COc1ccc(-c2oc3c(CC=C(C)C)c(OCCOCCN4CCOCC4)cc(O)c3c(=O)c2O[C@H]2O[C@H](C)[C@@H](O)[C@H](O)[C@@H]2O)cc1. The van der Waals surface area contributed by atoms with Crippen LogP contribution in [0.2, 0.25) is 0 Å². The summed E-state index contributed by atoms with van der Waals surface area (Å²) >= 11 is 0. The van der Waals surface area contributed by atoms with Gasteiger partial charge in [-0.3, -0.25) is 9.69 Å². The van der Waals surface area contributed by atoms with E-state index in [1.165, 1.54) is 20.1 Å². The molecule has 0 aliphatic carbocycles. The van der Waals surface area contributed by atoms with Gasteiger partial charge < -0.3 is 53.3 Å². The lowest BCUT2D eigenvalue weighted by molar-refractivity contribution is -0.268. The van der Waals surface area contributed by atoms with E-state index in [1.54, 1.807) is 24.3 Å². The van der Waals surface area contributed by atoms with Crippen LogP contribution in [0.3, 0.4) is 0 Å². The van der Waals surface area contributed by atoms with E-state index in [1.807, 2.05) is 19.9 Å². The lowest BCUT2D eigenvalue weighted by Gasteiger charge is -2.38. The van der Waals surface area contributed by atoms with E-state index < -0.39 is 41.9 Å². The van der Waals surface area contributed by atoms with E-state index in [-0.39, 0.29) is 29.1 Å². The van der Waals surface area contributed by atoms with Crippen molar-refractivity contribution in [3.8, 4) is 34.3 Å². The van der Waals surface area contributed by atoms with Crippen molar-refractivity contribution in [1.82, 2.24) is 4.90 Å². The van der Waals surface area contributed by atoms with Crippen molar-refractivity contribution >= 4 is 11.0 Å². The van der Waals surface area contributed by atoms with Gasteiger partial charge >= 0.3 is 0 Å². The van der Waals surface area contributed by atoms with Crippen molar-refractivity contribution in [3.05, 3.63) is 57.8 Å². The summed E-state index contributed by atoms with van der Waals surface area (Å²) in [5, 5.41) is 42.3. The maximum atomic E-state index is 14.2. The van der Waals surface area contributed by atoms with Crippen molar-refractivity contribution in [3.63, 3.8) is 0 Å². The van der Waals surface area contributed by atoms with Crippen LogP contribution in [0.25, 0.3) is 22.3 Å². The largest absolute Gasteiger partial charge is 0.507 e. The molecule has 1 aromatic heterocycles. The quantitative estimate of drug-likeness (QED) is 0.155. The van der Waals surface area contributed by atoms with Gasteiger partial charge in [-0.2, -0.15) is 0 Å². The van der Waals surface area contributed by atoms with E-state index in [2.05, 4.69) is 4.90 Å². The van der Waals surface area contributed by atoms with Crippen LogP contribution in [-0.4, -0.2) is 116 Å². The van der Waals surface area contributed by atoms with Gasteiger partial charge in [-0.25, -0.2) is 0 Å². The van der Waals surface area contributed by atoms with Gasteiger partial charge in [-0.05, 0) is 51.5 Å². The number of ether oxygens (including phenoxy) is 6. The highest BCUT2D eigenvalue weighted by atomic mass is 16.7. The number of phenols is 1. The molecule has 2 saturated heterocycles. The van der Waals surface area contributed by atoms with Gasteiger partial charge in [0.1, 0.15) is 53.1 Å². The van der Waals surface area contributed by atoms with Crippen LogP contribution >= 0.6 is 0 Å². The number of fused-ring (bicyclic) bond motifs is 1. The second-order valence-corrected chi connectivity index (χ2v) is 12.1. The fourth-order valence-electron chi connectivity index (χ4n) is 5.59. The normalized spacial score (nSPS) is 23.2. The topological polar surface area (TPSA) is 170 Å². The Kier molecular flexibility index (Phi) is 12.0. The lowest BCUT2D eigenvalue weighted by atomic mass is 10.00. The molecular weight excluding hydrogens is 626 g/mol. The molecule has 0 bridgehead atoms. The molecule has 2 aromatic carbocycles. The number of phenolic OH excluding ortho intramolecular Hbond substituents is 1. The number of aliphatic hydroxyl groups is 3. The van der Waals surface area contributed by atoms with Gasteiger partial charge in [0, 0.05) is 36.8 Å². The zero-order chi connectivity index (χ0) is 34.4. The van der Waals surface area contributed by atoms with Crippen LogP contribution in [0, 0.1) is 0 Å². The molecule has 2 fully saturated rings. The second-order valence-electron chi connectivity index (χ2n) is 12.1. The van der Waals surface area contributed by atoms with Gasteiger partial charge in [0.15, 0.2) is 5.76 Å². The molecule has 5 atom stereocenters. The molecule has 48 heavy (non-hydrogen) atoms. The predicted molar refractivity (Wildman–Crippen MR) is 176 cm³/mol. The van der Waals surface area contributed by atoms with E-state index in [4.69, 9.17) is 32.8 Å². The van der Waals surface area contributed by atoms with E-state index >= 15 is 0 Å². The van der Waals surface area contributed by atoms with Gasteiger partial charge in [-0.15, -0.1) is 0 Å². The molecule has 2 aliphatic rings. The molecule has 3 aromatic rings. The Bertz CT molecular complexity index is 1610. The number of nitrogens with zero attached hydrogens (tertiary/aromatic N) is 1. The summed E-state index contributed by atoms with van der Waals surface area (Å²) in [5.74, 6) is 0.108. The number of allylic oxidation sites excluding steroid dienone is 2. The summed E-state index contributed by atoms with van der Waals surface area (Å²) in [5.41, 5.74) is 1.32. The molecule has 2 aliphatic heterocycles. The number of rotatable bonds is 13. The molecular formula is C35H45NO12. The Morgan fingerprint density at radius 3 is 2.44 bits per heavy atom. The maximum absolute atomic E-state index is 14.2. The summed E-state index contributed by atoms with van der Waals surface area (Å²) in [6, 6.07) is 8.06. The van der Waals surface area contributed by atoms with Crippen molar-refractivity contribution in [1.29, 1.82) is 0 Å². The minimum atomic E-state index is -1.69. The number of methoxy groups -OCH3 is 1. The molecule has 0 spiro atoms. The zero-order valence-electron chi connectivity index (χ0n) is 27.7. The minimum Gasteiger partial charge on any atom is -0.507 e. The van der Waals surface area contributed by atoms with Gasteiger partial charge in [0.2, 0.25) is 17.5 Å². The first-order valence-electron chi connectivity index (χ1n) is 16.1. The van der Waals surface area contributed by atoms with Crippen LogP contribution in [0.15, 0.2) is 51.2 Å². The predicted octanol–water partition coefficient (Wildman–Crippen LogP) is 2.62. The Morgan fingerprint density at radius 2 is 1.75 bits per heavy atom. The second kappa shape index (κ2) is 16.1. The number of aromatic hydroxyl groups is 1. The van der Waals surface area contributed by atoms with Crippen molar-refractivity contribution in [2.45, 2.75) is 57.9 Å². The third-order valence-electron chi connectivity index (χ3n) is 8.42. The first-order valence-corrected chi connectivity index (χ1v) is 16.1. The highest BCUT2D eigenvalue weighted by Gasteiger charge is 2.44. The highest BCUT2D eigenvalue weighted by Crippen LogP contribution is 2.40.